The van der Waals surface area contributed by atoms with E-state index in [1.807, 2.05) is 13.0 Å². The Morgan fingerprint density at radius 2 is 1.91 bits per heavy atom. The first-order valence-electron chi connectivity index (χ1n) is 10.5. The fraction of sp³-hybridized carbons (Fsp3) is 0.458. The van der Waals surface area contributed by atoms with E-state index in [-0.39, 0.29) is 24.9 Å². The maximum absolute atomic E-state index is 13.6. The average molecular weight is 443 g/mol. The number of ketones is 1. The van der Waals surface area contributed by atoms with Gasteiger partial charge < -0.3 is 24.3 Å². The number of methoxy groups -OCH3 is 3. The summed E-state index contributed by atoms with van der Waals surface area (Å²) in [5.41, 5.74) is 2.72. The summed E-state index contributed by atoms with van der Waals surface area (Å²) in [4.78, 5) is 39.2. The zero-order valence-electron chi connectivity index (χ0n) is 19.0. The van der Waals surface area contributed by atoms with Crippen LogP contribution in [0.5, 0.6) is 5.75 Å². The van der Waals surface area contributed by atoms with Gasteiger partial charge in [-0.15, -0.1) is 0 Å². The number of ether oxygens (including phenoxy) is 4. The van der Waals surface area contributed by atoms with Crippen LogP contribution in [-0.2, 0) is 28.6 Å². The number of Topliss-reactive ketones (excluding diaryl/α,β-unsaturated/α-hetero) is 1. The molecule has 0 amide bonds. The fourth-order valence-corrected chi connectivity index (χ4v) is 4.40. The molecule has 8 nitrogen and oxygen atoms in total. The molecule has 1 aliphatic heterocycles. The van der Waals surface area contributed by atoms with E-state index in [9.17, 15) is 14.4 Å². The van der Waals surface area contributed by atoms with Crippen LogP contribution in [0.25, 0.3) is 0 Å². The predicted molar refractivity (Wildman–Crippen MR) is 116 cm³/mol. The zero-order chi connectivity index (χ0) is 23.4. The van der Waals surface area contributed by atoms with Crippen molar-refractivity contribution in [2.45, 2.75) is 26.2 Å². The maximum atomic E-state index is 13.6. The normalized spacial score (nSPS) is 22.8. The molecular weight excluding hydrogens is 414 g/mol. The van der Waals surface area contributed by atoms with E-state index in [1.165, 1.54) is 14.2 Å². The summed E-state index contributed by atoms with van der Waals surface area (Å²) in [5, 5.41) is 3.23. The molecule has 0 bridgehead atoms. The molecule has 0 fully saturated rings. The Morgan fingerprint density at radius 1 is 1.16 bits per heavy atom. The molecule has 0 saturated carbocycles. The summed E-state index contributed by atoms with van der Waals surface area (Å²) >= 11 is 0. The number of benzene rings is 1. The number of carbonyl (C=O) groups excluding carboxylic acids is 3. The molecule has 172 valence electrons. The van der Waals surface area contributed by atoms with Crippen molar-refractivity contribution in [2.24, 2.45) is 11.8 Å². The summed E-state index contributed by atoms with van der Waals surface area (Å²) in [6.07, 6.45) is 0.477. The number of hydrogen-bond acceptors (Lipinski definition) is 8. The smallest absolute Gasteiger partial charge is 0.336 e. The van der Waals surface area contributed by atoms with Gasteiger partial charge in [0.15, 0.2) is 5.78 Å². The Balaban J connectivity index is 2.13. The van der Waals surface area contributed by atoms with Crippen molar-refractivity contribution in [2.75, 3.05) is 34.5 Å². The molecule has 1 aliphatic carbocycles. The van der Waals surface area contributed by atoms with Crippen molar-refractivity contribution < 1.29 is 33.3 Å². The third-order valence-corrected chi connectivity index (χ3v) is 5.91. The molecule has 0 aromatic heterocycles. The molecule has 0 spiro atoms. The standard InChI is InChI=1S/C24H29NO7/c1-13-11-17-21(22(26)18(13)23(27)31-5)20(15-7-6-8-16(12-15)30-4)19(14(2)25-17)24(28)32-10-9-29-3/h6-8,12-13,18,20,25H,9-11H2,1-5H3/t13-,18+,20-/m1/s1. The molecule has 1 heterocycles. The van der Waals surface area contributed by atoms with Gasteiger partial charge in [-0.25, -0.2) is 4.79 Å². The van der Waals surface area contributed by atoms with E-state index >= 15 is 0 Å². The minimum absolute atomic E-state index is 0.0820. The second kappa shape index (κ2) is 9.99. The van der Waals surface area contributed by atoms with Crippen molar-refractivity contribution in [1.82, 2.24) is 5.32 Å². The summed E-state index contributed by atoms with van der Waals surface area (Å²) in [6.45, 7) is 3.97. The number of hydrogen-bond donors (Lipinski definition) is 1. The van der Waals surface area contributed by atoms with Crippen LogP contribution in [0.4, 0.5) is 0 Å². The van der Waals surface area contributed by atoms with Gasteiger partial charge in [0.2, 0.25) is 0 Å². The van der Waals surface area contributed by atoms with E-state index in [0.29, 0.717) is 40.3 Å². The monoisotopic (exact) mass is 443 g/mol. The summed E-state index contributed by atoms with van der Waals surface area (Å²) in [7, 11) is 4.34. The topological polar surface area (TPSA) is 100 Å². The lowest BCUT2D eigenvalue weighted by Crippen LogP contribution is -2.43. The van der Waals surface area contributed by atoms with Crippen LogP contribution in [-0.4, -0.2) is 52.3 Å². The highest BCUT2D eigenvalue weighted by Crippen LogP contribution is 2.45. The SMILES string of the molecule is COCCOC(=O)C1=C(C)NC2=C(C(=O)[C@@H](C(=O)OC)[C@H](C)C2)[C@@H]1c1cccc(OC)c1. The van der Waals surface area contributed by atoms with Crippen molar-refractivity contribution in [3.05, 3.63) is 52.4 Å². The molecule has 1 aromatic carbocycles. The van der Waals surface area contributed by atoms with Gasteiger partial charge in [-0.3, -0.25) is 9.59 Å². The molecule has 0 radical (unpaired) electrons. The molecule has 0 unspecified atom stereocenters. The van der Waals surface area contributed by atoms with Crippen molar-refractivity contribution in [3.8, 4) is 5.75 Å². The van der Waals surface area contributed by atoms with Crippen molar-refractivity contribution >= 4 is 17.7 Å². The van der Waals surface area contributed by atoms with Crippen LogP contribution in [0.1, 0.15) is 31.7 Å². The lowest BCUT2D eigenvalue weighted by atomic mass is 9.69. The van der Waals surface area contributed by atoms with E-state index in [0.717, 1.165) is 0 Å². The minimum Gasteiger partial charge on any atom is -0.497 e. The molecule has 32 heavy (non-hydrogen) atoms. The predicted octanol–water partition coefficient (Wildman–Crippen LogP) is 2.50. The van der Waals surface area contributed by atoms with E-state index in [1.54, 1.807) is 32.2 Å². The van der Waals surface area contributed by atoms with Gasteiger partial charge in [0.25, 0.3) is 0 Å². The summed E-state index contributed by atoms with van der Waals surface area (Å²) in [5.74, 6) is -2.76. The second-order valence-corrected chi connectivity index (χ2v) is 7.94. The highest BCUT2D eigenvalue weighted by Gasteiger charge is 2.47. The van der Waals surface area contributed by atoms with Crippen LogP contribution in [0.3, 0.4) is 0 Å². The molecule has 1 aromatic rings. The summed E-state index contributed by atoms with van der Waals surface area (Å²) < 4.78 is 20.7. The Bertz CT molecular complexity index is 978. The van der Waals surface area contributed by atoms with Gasteiger partial charge >= 0.3 is 11.9 Å². The van der Waals surface area contributed by atoms with Gasteiger partial charge in [-0.05, 0) is 37.0 Å². The Hall–Kier alpha value is -3.13. The molecule has 3 rings (SSSR count). The van der Waals surface area contributed by atoms with Gasteiger partial charge in [-0.1, -0.05) is 19.1 Å². The maximum Gasteiger partial charge on any atom is 0.336 e. The Kier molecular flexibility index (Phi) is 7.35. The molecule has 8 heteroatoms. The van der Waals surface area contributed by atoms with Crippen LogP contribution in [0.15, 0.2) is 46.8 Å². The third-order valence-electron chi connectivity index (χ3n) is 5.91. The number of nitrogens with one attached hydrogen (secondary N) is 1. The van der Waals surface area contributed by atoms with E-state index < -0.39 is 23.8 Å². The number of rotatable bonds is 7. The molecule has 1 N–H and O–H groups in total. The number of esters is 2. The lowest BCUT2D eigenvalue weighted by Gasteiger charge is -2.38. The Labute approximate surface area is 187 Å². The highest BCUT2D eigenvalue weighted by molar-refractivity contribution is 6.12. The first kappa shape index (κ1) is 23.5. The zero-order valence-corrected chi connectivity index (χ0v) is 19.0. The first-order valence-corrected chi connectivity index (χ1v) is 10.5. The summed E-state index contributed by atoms with van der Waals surface area (Å²) in [6, 6.07) is 7.20. The molecule has 2 aliphatic rings. The minimum atomic E-state index is -0.933. The largest absolute Gasteiger partial charge is 0.497 e. The number of carbonyl (C=O) groups is 3. The second-order valence-electron chi connectivity index (χ2n) is 7.94. The fourth-order valence-electron chi connectivity index (χ4n) is 4.40. The van der Waals surface area contributed by atoms with Gasteiger partial charge in [-0.2, -0.15) is 0 Å². The molecule has 3 atom stereocenters. The van der Waals surface area contributed by atoms with Gasteiger partial charge in [0.05, 0.1) is 26.4 Å². The quantitative estimate of drug-likeness (QED) is 0.390. The lowest BCUT2D eigenvalue weighted by molar-refractivity contribution is -0.151. The van der Waals surface area contributed by atoms with Crippen LogP contribution in [0, 0.1) is 11.8 Å². The van der Waals surface area contributed by atoms with Crippen LogP contribution < -0.4 is 10.1 Å². The van der Waals surface area contributed by atoms with Crippen molar-refractivity contribution in [3.63, 3.8) is 0 Å². The van der Waals surface area contributed by atoms with E-state index in [2.05, 4.69) is 5.32 Å². The van der Waals surface area contributed by atoms with Crippen LogP contribution in [0.2, 0.25) is 0 Å². The van der Waals surface area contributed by atoms with Crippen molar-refractivity contribution in [1.29, 1.82) is 0 Å². The van der Waals surface area contributed by atoms with Gasteiger partial charge in [0.1, 0.15) is 18.3 Å². The average Bonchev–Trinajstić information content (AvgIpc) is 2.77. The third kappa shape index (κ3) is 4.41. The number of dihydropyridines is 1. The van der Waals surface area contributed by atoms with Gasteiger partial charge in [0, 0.05) is 30.0 Å². The highest BCUT2D eigenvalue weighted by atomic mass is 16.6. The van der Waals surface area contributed by atoms with E-state index in [4.69, 9.17) is 18.9 Å². The Morgan fingerprint density at radius 3 is 2.56 bits per heavy atom. The van der Waals surface area contributed by atoms with Crippen LogP contribution >= 0.6 is 0 Å². The molecular formula is C24H29NO7. The first-order chi connectivity index (χ1) is 15.3. The molecule has 0 saturated heterocycles. The number of allylic oxidation sites excluding steroid dienone is 3.